The molecule has 1 rings (SSSR count). The highest BCUT2D eigenvalue weighted by Gasteiger charge is 2.14. The number of ether oxygens (including phenoxy) is 1. The zero-order valence-corrected chi connectivity index (χ0v) is 10.9. The molecule has 3 heteroatoms. The van der Waals surface area contributed by atoms with Crippen molar-refractivity contribution in [1.29, 1.82) is 0 Å². The van der Waals surface area contributed by atoms with Crippen molar-refractivity contribution in [2.24, 2.45) is 0 Å². The average Bonchev–Trinajstić information content (AvgIpc) is 2.29. The molecule has 16 heavy (non-hydrogen) atoms. The molecule has 0 saturated heterocycles. The van der Waals surface area contributed by atoms with E-state index in [1.165, 1.54) is 0 Å². The third kappa shape index (κ3) is 3.91. The summed E-state index contributed by atoms with van der Waals surface area (Å²) in [6.07, 6.45) is 2.13. The van der Waals surface area contributed by atoms with Crippen LogP contribution in [-0.4, -0.2) is 18.5 Å². The summed E-state index contributed by atoms with van der Waals surface area (Å²) >= 11 is 3.33. The lowest BCUT2D eigenvalue weighted by molar-refractivity contribution is 0.0492. The molecule has 0 bridgehead atoms. The van der Waals surface area contributed by atoms with Crippen molar-refractivity contribution < 1.29 is 9.53 Å². The molecule has 0 aliphatic heterocycles. The molecule has 2 nitrogen and oxygen atoms in total. The Hall–Kier alpha value is -0.930. The van der Waals surface area contributed by atoms with E-state index in [4.69, 9.17) is 4.74 Å². The van der Waals surface area contributed by atoms with Crippen LogP contribution < -0.4 is 0 Å². The van der Waals surface area contributed by atoms with Crippen molar-refractivity contribution in [2.45, 2.75) is 19.4 Å². The molecule has 0 amide bonds. The Balaban J connectivity index is 2.56. The summed E-state index contributed by atoms with van der Waals surface area (Å²) in [5, 5.41) is 0. The summed E-state index contributed by atoms with van der Waals surface area (Å²) in [5.74, 6) is 0.0107. The number of halogens is 1. The van der Waals surface area contributed by atoms with Crippen molar-refractivity contribution in [2.75, 3.05) is 6.61 Å². The van der Waals surface area contributed by atoms with Gasteiger partial charge in [-0.25, -0.2) is 0 Å². The summed E-state index contributed by atoms with van der Waals surface area (Å²) in [6, 6.07) is 7.28. The molecule has 1 aromatic rings. The van der Waals surface area contributed by atoms with Crippen LogP contribution >= 0.6 is 15.9 Å². The second-order valence-corrected chi connectivity index (χ2v) is 4.38. The Morgan fingerprint density at radius 2 is 2.12 bits per heavy atom. The van der Waals surface area contributed by atoms with Gasteiger partial charge in [0, 0.05) is 10.0 Å². The van der Waals surface area contributed by atoms with Crippen molar-refractivity contribution in [3.63, 3.8) is 0 Å². The zero-order valence-electron chi connectivity index (χ0n) is 9.28. The smallest absolute Gasteiger partial charge is 0.191 e. The van der Waals surface area contributed by atoms with E-state index >= 15 is 0 Å². The molecule has 0 aromatic heterocycles. The average molecular weight is 283 g/mol. The number of benzene rings is 1. The first-order chi connectivity index (χ1) is 7.65. The maximum Gasteiger partial charge on any atom is 0.191 e. The fraction of sp³-hybridized carbons (Fsp3) is 0.308. The standard InChI is InChI=1S/C13H15BrO2/c1-3-4-9-16-10(2)13(15)11-5-7-12(14)8-6-11/h3,5-8,10H,1,4,9H2,2H3. The first-order valence-electron chi connectivity index (χ1n) is 5.17. The quantitative estimate of drug-likeness (QED) is 0.453. The highest BCUT2D eigenvalue weighted by atomic mass is 79.9. The van der Waals surface area contributed by atoms with Crippen molar-refractivity contribution in [1.82, 2.24) is 0 Å². The fourth-order valence-electron chi connectivity index (χ4n) is 1.25. The largest absolute Gasteiger partial charge is 0.370 e. The van der Waals surface area contributed by atoms with E-state index in [0.29, 0.717) is 12.2 Å². The Labute approximate surface area is 104 Å². The number of carbonyl (C=O) groups is 1. The van der Waals surface area contributed by atoms with Gasteiger partial charge in [0.1, 0.15) is 6.10 Å². The Morgan fingerprint density at radius 3 is 2.69 bits per heavy atom. The SMILES string of the molecule is C=CCCOC(C)C(=O)c1ccc(Br)cc1. The Bertz CT molecular complexity index is 357. The van der Waals surface area contributed by atoms with Crippen molar-refractivity contribution >= 4 is 21.7 Å². The van der Waals surface area contributed by atoms with E-state index in [0.717, 1.165) is 10.9 Å². The van der Waals surface area contributed by atoms with Gasteiger partial charge in [-0.15, -0.1) is 6.58 Å². The van der Waals surface area contributed by atoms with E-state index < -0.39 is 6.10 Å². The second kappa shape index (κ2) is 6.61. The third-order valence-electron chi connectivity index (χ3n) is 2.19. The molecule has 0 spiro atoms. The number of hydrogen-bond acceptors (Lipinski definition) is 2. The predicted octanol–water partition coefficient (Wildman–Crippen LogP) is 3.61. The molecule has 0 radical (unpaired) electrons. The lowest BCUT2D eigenvalue weighted by Crippen LogP contribution is -2.21. The normalized spacial score (nSPS) is 12.1. The molecule has 0 aliphatic carbocycles. The number of rotatable bonds is 6. The van der Waals surface area contributed by atoms with Gasteiger partial charge in [-0.2, -0.15) is 0 Å². The van der Waals surface area contributed by atoms with Crippen molar-refractivity contribution in [3.8, 4) is 0 Å². The highest BCUT2D eigenvalue weighted by molar-refractivity contribution is 9.10. The maximum absolute atomic E-state index is 11.9. The van der Waals surface area contributed by atoms with Crippen LogP contribution in [0.4, 0.5) is 0 Å². The van der Waals surface area contributed by atoms with Crippen LogP contribution in [-0.2, 0) is 4.74 Å². The molecular weight excluding hydrogens is 268 g/mol. The van der Waals surface area contributed by atoms with E-state index in [2.05, 4.69) is 22.5 Å². The van der Waals surface area contributed by atoms with E-state index in [-0.39, 0.29) is 5.78 Å². The van der Waals surface area contributed by atoms with Gasteiger partial charge >= 0.3 is 0 Å². The van der Waals surface area contributed by atoms with Crippen LogP contribution in [0.1, 0.15) is 23.7 Å². The molecule has 0 fully saturated rings. The van der Waals surface area contributed by atoms with Crippen LogP contribution in [0.3, 0.4) is 0 Å². The van der Waals surface area contributed by atoms with Gasteiger partial charge in [0.15, 0.2) is 5.78 Å². The van der Waals surface area contributed by atoms with Crippen LogP contribution in [0.2, 0.25) is 0 Å². The van der Waals surface area contributed by atoms with E-state index in [1.54, 1.807) is 25.1 Å². The predicted molar refractivity (Wildman–Crippen MR) is 68.7 cm³/mol. The third-order valence-corrected chi connectivity index (χ3v) is 2.72. The van der Waals surface area contributed by atoms with Crippen LogP contribution in [0, 0.1) is 0 Å². The molecule has 0 N–H and O–H groups in total. The Kier molecular flexibility index (Phi) is 5.43. The van der Waals surface area contributed by atoms with Crippen LogP contribution in [0.5, 0.6) is 0 Å². The number of hydrogen-bond donors (Lipinski definition) is 0. The lowest BCUT2D eigenvalue weighted by atomic mass is 10.1. The minimum absolute atomic E-state index is 0.0107. The number of ketones is 1. The Morgan fingerprint density at radius 1 is 1.50 bits per heavy atom. The molecule has 86 valence electrons. The van der Waals surface area contributed by atoms with Gasteiger partial charge in [-0.3, -0.25) is 4.79 Å². The van der Waals surface area contributed by atoms with Gasteiger partial charge in [-0.05, 0) is 25.5 Å². The van der Waals surface area contributed by atoms with Gasteiger partial charge < -0.3 is 4.74 Å². The highest BCUT2D eigenvalue weighted by Crippen LogP contribution is 2.13. The number of carbonyl (C=O) groups excluding carboxylic acids is 1. The topological polar surface area (TPSA) is 26.3 Å². The van der Waals surface area contributed by atoms with E-state index in [1.807, 2.05) is 12.1 Å². The molecule has 1 unspecified atom stereocenters. The number of Topliss-reactive ketones (excluding diaryl/α,β-unsaturated/α-hetero) is 1. The summed E-state index contributed by atoms with van der Waals surface area (Å²) < 4.78 is 6.36. The van der Waals surface area contributed by atoms with Gasteiger partial charge in [-0.1, -0.05) is 34.1 Å². The van der Waals surface area contributed by atoms with Gasteiger partial charge in [0.2, 0.25) is 0 Å². The lowest BCUT2D eigenvalue weighted by Gasteiger charge is -2.11. The van der Waals surface area contributed by atoms with Gasteiger partial charge in [0.25, 0.3) is 0 Å². The fourth-order valence-corrected chi connectivity index (χ4v) is 1.52. The zero-order chi connectivity index (χ0) is 12.0. The molecular formula is C13H15BrO2. The molecule has 1 atom stereocenters. The minimum Gasteiger partial charge on any atom is -0.370 e. The van der Waals surface area contributed by atoms with Crippen LogP contribution in [0.15, 0.2) is 41.4 Å². The van der Waals surface area contributed by atoms with E-state index in [9.17, 15) is 4.79 Å². The summed E-state index contributed by atoms with van der Waals surface area (Å²) in [4.78, 5) is 11.9. The molecule has 0 saturated carbocycles. The second-order valence-electron chi connectivity index (χ2n) is 3.46. The first kappa shape index (κ1) is 13.1. The summed E-state index contributed by atoms with van der Waals surface area (Å²) in [6.45, 7) is 5.91. The minimum atomic E-state index is -0.402. The molecule has 0 aliphatic rings. The summed E-state index contributed by atoms with van der Waals surface area (Å²) in [5.41, 5.74) is 0.675. The molecule has 0 heterocycles. The van der Waals surface area contributed by atoms with Crippen LogP contribution in [0.25, 0.3) is 0 Å². The summed E-state index contributed by atoms with van der Waals surface area (Å²) in [7, 11) is 0. The maximum atomic E-state index is 11.9. The monoisotopic (exact) mass is 282 g/mol. The van der Waals surface area contributed by atoms with Gasteiger partial charge in [0.05, 0.1) is 6.61 Å². The molecule has 1 aromatic carbocycles. The van der Waals surface area contributed by atoms with Crippen molar-refractivity contribution in [3.05, 3.63) is 47.0 Å². The first-order valence-corrected chi connectivity index (χ1v) is 5.96.